The topological polar surface area (TPSA) is 67.9 Å². The van der Waals surface area contributed by atoms with Gasteiger partial charge in [0.25, 0.3) is 5.91 Å². The van der Waals surface area contributed by atoms with Crippen LogP contribution in [0.1, 0.15) is 35.2 Å². The Kier molecular flexibility index (Phi) is 9.16. The minimum absolute atomic E-state index is 0.0906. The van der Waals surface area contributed by atoms with Gasteiger partial charge in [0.05, 0.1) is 23.4 Å². The molecule has 212 valence electrons. The van der Waals surface area contributed by atoms with Crippen LogP contribution in [0.15, 0.2) is 30.3 Å². The highest BCUT2D eigenvalue weighted by Gasteiger charge is 2.29. The molecule has 0 saturated carbocycles. The molecule has 0 aliphatic carbocycles. The quantitative estimate of drug-likeness (QED) is 0.444. The summed E-state index contributed by atoms with van der Waals surface area (Å²) >= 11 is 6.16. The van der Waals surface area contributed by atoms with Crippen molar-refractivity contribution in [2.24, 2.45) is 0 Å². The average molecular weight is 574 g/mol. The molecule has 7 nitrogen and oxygen atoms in total. The lowest BCUT2D eigenvalue weighted by atomic mass is 10.1. The molecule has 0 unspecified atom stereocenters. The van der Waals surface area contributed by atoms with Crippen LogP contribution in [0.25, 0.3) is 0 Å². The maximum Gasteiger partial charge on any atom is 0.390 e. The van der Waals surface area contributed by atoms with E-state index < -0.39 is 35.7 Å². The van der Waals surface area contributed by atoms with E-state index in [1.807, 2.05) is 4.90 Å². The van der Waals surface area contributed by atoms with E-state index in [2.05, 4.69) is 10.6 Å². The molecule has 2 aliphatic rings. The number of anilines is 2. The Bertz CT molecular complexity index is 1200. The third-order valence-corrected chi connectivity index (χ3v) is 7.10. The number of piperazine rings is 1. The van der Waals surface area contributed by atoms with E-state index in [4.69, 9.17) is 11.6 Å². The van der Waals surface area contributed by atoms with Crippen molar-refractivity contribution < 1.29 is 31.5 Å². The van der Waals surface area contributed by atoms with Crippen LogP contribution in [0.5, 0.6) is 0 Å². The first-order valence-electron chi connectivity index (χ1n) is 12.7. The normalized spacial score (nSPS) is 16.5. The van der Waals surface area contributed by atoms with Gasteiger partial charge in [0, 0.05) is 62.9 Å². The Morgan fingerprint density at radius 3 is 2.28 bits per heavy atom. The van der Waals surface area contributed by atoms with E-state index in [0.29, 0.717) is 55.7 Å². The van der Waals surface area contributed by atoms with Crippen molar-refractivity contribution in [3.63, 3.8) is 0 Å². The van der Waals surface area contributed by atoms with Crippen molar-refractivity contribution >= 4 is 34.9 Å². The largest absolute Gasteiger partial charge is 0.390 e. The van der Waals surface area contributed by atoms with Crippen LogP contribution in [0.4, 0.5) is 38.1 Å². The molecule has 0 atom stereocenters. The summed E-state index contributed by atoms with van der Waals surface area (Å²) < 4.78 is 67.3. The number of carbonyl (C=O) groups is 2. The predicted octanol–water partition coefficient (Wildman–Crippen LogP) is 5.25. The number of carbonyl (C=O) groups excluding carboxylic acids is 2. The number of benzene rings is 2. The van der Waals surface area contributed by atoms with Crippen LogP contribution in [0.2, 0.25) is 5.02 Å². The van der Waals surface area contributed by atoms with Crippen LogP contribution in [0.3, 0.4) is 0 Å². The second-order valence-corrected chi connectivity index (χ2v) is 10.00. The summed E-state index contributed by atoms with van der Waals surface area (Å²) in [6, 6.07) is 6.71. The zero-order valence-corrected chi connectivity index (χ0v) is 21.8. The molecule has 0 radical (unpaired) electrons. The minimum Gasteiger partial charge on any atom is -0.367 e. The number of hydrogen-bond donors (Lipinski definition) is 2. The van der Waals surface area contributed by atoms with Gasteiger partial charge >= 0.3 is 12.2 Å². The maximum atomic E-state index is 14.9. The second kappa shape index (κ2) is 12.4. The zero-order valence-electron chi connectivity index (χ0n) is 21.1. The molecule has 0 bridgehead atoms. The standard InChI is InChI=1S/C26H29ClF5N5O2/c27-18-4-6-20(21(15-18)36-13-11-35(12-14-36)10-7-26(30,31)32)34-24(38)19-5-3-17(22(28)23(19)29)16-33-25(39)37-8-1-2-9-37/h3-6,15H,1-2,7-14,16H2,(H,33,39)(H,34,38). The number of nitrogens with zero attached hydrogens (tertiary/aromatic N) is 3. The average Bonchev–Trinajstić information content (AvgIpc) is 3.44. The summed E-state index contributed by atoms with van der Waals surface area (Å²) in [5.41, 5.74) is 0.218. The van der Waals surface area contributed by atoms with Gasteiger partial charge in [0.2, 0.25) is 0 Å². The first-order valence-corrected chi connectivity index (χ1v) is 13.0. The second-order valence-electron chi connectivity index (χ2n) is 9.56. The molecule has 2 aromatic rings. The van der Waals surface area contributed by atoms with Crippen LogP contribution >= 0.6 is 11.6 Å². The van der Waals surface area contributed by atoms with Crippen molar-refractivity contribution in [1.82, 2.24) is 15.1 Å². The lowest BCUT2D eigenvalue weighted by Crippen LogP contribution is -2.47. The zero-order chi connectivity index (χ0) is 28.2. The Balaban J connectivity index is 1.41. The van der Waals surface area contributed by atoms with Crippen molar-refractivity contribution in [2.75, 3.05) is 56.0 Å². The number of urea groups is 1. The lowest BCUT2D eigenvalue weighted by molar-refractivity contribution is -0.138. The van der Waals surface area contributed by atoms with E-state index in [9.17, 15) is 31.5 Å². The number of alkyl halides is 3. The van der Waals surface area contributed by atoms with E-state index >= 15 is 0 Å². The number of rotatable bonds is 7. The van der Waals surface area contributed by atoms with Gasteiger partial charge in [0.15, 0.2) is 11.6 Å². The van der Waals surface area contributed by atoms with Gasteiger partial charge < -0.3 is 20.4 Å². The fourth-order valence-corrected chi connectivity index (χ4v) is 4.83. The van der Waals surface area contributed by atoms with E-state index in [-0.39, 0.29) is 24.7 Å². The summed E-state index contributed by atoms with van der Waals surface area (Å²) in [4.78, 5) is 30.2. The van der Waals surface area contributed by atoms with Gasteiger partial charge in [-0.15, -0.1) is 0 Å². The van der Waals surface area contributed by atoms with E-state index in [1.54, 1.807) is 15.9 Å². The molecule has 39 heavy (non-hydrogen) atoms. The smallest absolute Gasteiger partial charge is 0.367 e. The molecule has 2 aromatic carbocycles. The van der Waals surface area contributed by atoms with Crippen LogP contribution in [0, 0.1) is 11.6 Å². The summed E-state index contributed by atoms with van der Waals surface area (Å²) in [7, 11) is 0. The molecule has 0 spiro atoms. The van der Waals surface area contributed by atoms with Crippen molar-refractivity contribution in [1.29, 1.82) is 0 Å². The summed E-state index contributed by atoms with van der Waals surface area (Å²) in [6.45, 7) is 2.45. The minimum atomic E-state index is -4.23. The highest BCUT2D eigenvalue weighted by atomic mass is 35.5. The van der Waals surface area contributed by atoms with Gasteiger partial charge in [0.1, 0.15) is 0 Å². The number of hydrogen-bond acceptors (Lipinski definition) is 4. The molecule has 4 rings (SSSR count). The fourth-order valence-electron chi connectivity index (χ4n) is 4.66. The number of amides is 3. The van der Waals surface area contributed by atoms with Crippen LogP contribution in [-0.2, 0) is 6.54 Å². The summed E-state index contributed by atoms with van der Waals surface area (Å²) in [6.07, 6.45) is -3.32. The molecular formula is C26H29ClF5N5O2. The predicted molar refractivity (Wildman–Crippen MR) is 138 cm³/mol. The highest BCUT2D eigenvalue weighted by Crippen LogP contribution is 2.31. The molecule has 2 heterocycles. The van der Waals surface area contributed by atoms with E-state index in [0.717, 1.165) is 18.9 Å². The van der Waals surface area contributed by atoms with Crippen LogP contribution in [-0.4, -0.2) is 73.7 Å². The van der Waals surface area contributed by atoms with Gasteiger partial charge in [-0.2, -0.15) is 13.2 Å². The van der Waals surface area contributed by atoms with Gasteiger partial charge in [-0.25, -0.2) is 13.6 Å². The Morgan fingerprint density at radius 2 is 1.62 bits per heavy atom. The molecule has 13 heteroatoms. The number of likely N-dealkylation sites (tertiary alicyclic amines) is 1. The molecule has 2 N–H and O–H groups in total. The van der Waals surface area contributed by atoms with Gasteiger partial charge in [-0.3, -0.25) is 9.69 Å². The molecule has 2 saturated heterocycles. The molecule has 2 aliphatic heterocycles. The Morgan fingerprint density at radius 1 is 0.923 bits per heavy atom. The fraction of sp³-hybridized carbons (Fsp3) is 0.462. The molecule has 0 aromatic heterocycles. The monoisotopic (exact) mass is 573 g/mol. The highest BCUT2D eigenvalue weighted by molar-refractivity contribution is 6.31. The van der Waals surface area contributed by atoms with E-state index in [1.165, 1.54) is 18.2 Å². The first kappa shape index (κ1) is 28.9. The number of halogens is 6. The van der Waals surface area contributed by atoms with Gasteiger partial charge in [-0.05, 0) is 37.1 Å². The maximum absolute atomic E-state index is 14.9. The molecule has 3 amide bonds. The third-order valence-electron chi connectivity index (χ3n) is 6.86. The Labute approximate surface area is 227 Å². The third kappa shape index (κ3) is 7.51. The van der Waals surface area contributed by atoms with Crippen molar-refractivity contribution in [2.45, 2.75) is 32.0 Å². The summed E-state index contributed by atoms with van der Waals surface area (Å²) in [5.74, 6) is -3.45. The van der Waals surface area contributed by atoms with Crippen molar-refractivity contribution in [3.8, 4) is 0 Å². The molecule has 2 fully saturated rings. The van der Waals surface area contributed by atoms with Crippen LogP contribution < -0.4 is 15.5 Å². The summed E-state index contributed by atoms with van der Waals surface area (Å²) in [5, 5.41) is 5.54. The first-order chi connectivity index (χ1) is 18.5. The number of nitrogens with one attached hydrogen (secondary N) is 2. The molecular weight excluding hydrogens is 545 g/mol. The van der Waals surface area contributed by atoms with Crippen molar-refractivity contribution in [3.05, 3.63) is 58.1 Å². The van der Waals surface area contributed by atoms with Gasteiger partial charge in [-0.1, -0.05) is 17.7 Å². The lowest BCUT2D eigenvalue weighted by Gasteiger charge is -2.37. The SMILES string of the molecule is O=C(Nc1ccc(Cl)cc1N1CCN(CCC(F)(F)F)CC1)c1ccc(CNC(=O)N2CCCC2)c(F)c1F. The Hall–Kier alpha value is -3.12.